The Morgan fingerprint density at radius 3 is 2.78 bits per heavy atom. The lowest BCUT2D eigenvalue weighted by atomic mass is 10.0. The maximum absolute atomic E-state index is 12.1. The van der Waals surface area contributed by atoms with Gasteiger partial charge in [0.15, 0.2) is 0 Å². The van der Waals surface area contributed by atoms with E-state index in [-0.39, 0.29) is 5.91 Å². The van der Waals surface area contributed by atoms with Gasteiger partial charge in [-0.2, -0.15) is 0 Å². The fraction of sp³-hybridized carbons (Fsp3) is 0.368. The van der Waals surface area contributed by atoms with Crippen LogP contribution in [-0.4, -0.2) is 24.0 Å². The van der Waals surface area contributed by atoms with Crippen LogP contribution in [-0.2, 0) is 11.2 Å². The number of anilines is 2. The molecule has 1 atom stereocenters. The van der Waals surface area contributed by atoms with Crippen LogP contribution in [0.4, 0.5) is 11.5 Å². The van der Waals surface area contributed by atoms with Gasteiger partial charge in [-0.25, -0.2) is 4.98 Å². The van der Waals surface area contributed by atoms with E-state index in [4.69, 9.17) is 0 Å². The number of pyridine rings is 1. The lowest BCUT2D eigenvalue weighted by Crippen LogP contribution is -2.34. The standard InChI is InChI=1S/C19H23N3O/c1-15-6-5-11-22(14-15)18-10-9-17(13-20-18)21-19(23)12-16-7-3-2-4-8-16/h2-4,7-10,13,15H,5-6,11-12,14H2,1H3,(H,21,23). The fourth-order valence-corrected chi connectivity index (χ4v) is 3.03. The Labute approximate surface area is 137 Å². The predicted molar refractivity (Wildman–Crippen MR) is 93.6 cm³/mol. The number of nitrogens with one attached hydrogen (secondary N) is 1. The SMILES string of the molecule is CC1CCCN(c2ccc(NC(=O)Cc3ccccc3)cn2)C1. The number of hydrogen-bond acceptors (Lipinski definition) is 3. The monoisotopic (exact) mass is 309 g/mol. The van der Waals surface area contributed by atoms with Gasteiger partial charge >= 0.3 is 0 Å². The second kappa shape index (κ2) is 7.27. The molecule has 1 saturated heterocycles. The molecule has 0 saturated carbocycles. The molecule has 0 radical (unpaired) electrons. The molecule has 2 heterocycles. The van der Waals surface area contributed by atoms with Crippen LogP contribution in [0.1, 0.15) is 25.3 Å². The number of carbonyl (C=O) groups excluding carboxylic acids is 1. The minimum Gasteiger partial charge on any atom is -0.356 e. The van der Waals surface area contributed by atoms with E-state index >= 15 is 0 Å². The highest BCUT2D eigenvalue weighted by molar-refractivity contribution is 5.92. The van der Waals surface area contributed by atoms with Crippen LogP contribution in [0, 0.1) is 5.92 Å². The molecular weight excluding hydrogens is 286 g/mol. The second-order valence-corrected chi connectivity index (χ2v) is 6.31. The van der Waals surface area contributed by atoms with E-state index in [0.717, 1.165) is 36.1 Å². The number of hydrogen-bond donors (Lipinski definition) is 1. The van der Waals surface area contributed by atoms with E-state index in [1.54, 1.807) is 6.20 Å². The molecule has 1 unspecified atom stereocenters. The summed E-state index contributed by atoms with van der Waals surface area (Å²) in [5.74, 6) is 1.70. The van der Waals surface area contributed by atoms with E-state index in [9.17, 15) is 4.79 Å². The van der Waals surface area contributed by atoms with Gasteiger partial charge in [-0.05, 0) is 36.5 Å². The summed E-state index contributed by atoms with van der Waals surface area (Å²) in [5.41, 5.74) is 1.76. The highest BCUT2D eigenvalue weighted by atomic mass is 16.1. The molecule has 1 amide bonds. The lowest BCUT2D eigenvalue weighted by Gasteiger charge is -2.31. The third kappa shape index (κ3) is 4.31. The highest BCUT2D eigenvalue weighted by Gasteiger charge is 2.17. The van der Waals surface area contributed by atoms with Crippen LogP contribution in [0.25, 0.3) is 0 Å². The summed E-state index contributed by atoms with van der Waals surface area (Å²) in [6.45, 7) is 4.41. The number of amides is 1. The number of carbonyl (C=O) groups is 1. The van der Waals surface area contributed by atoms with Crippen molar-refractivity contribution in [2.24, 2.45) is 5.92 Å². The molecular formula is C19H23N3O. The number of rotatable bonds is 4. The van der Waals surface area contributed by atoms with Crippen molar-refractivity contribution in [3.8, 4) is 0 Å². The van der Waals surface area contributed by atoms with Crippen LogP contribution < -0.4 is 10.2 Å². The predicted octanol–water partition coefficient (Wildman–Crippen LogP) is 3.50. The van der Waals surface area contributed by atoms with Crippen LogP contribution in [0.2, 0.25) is 0 Å². The zero-order valence-corrected chi connectivity index (χ0v) is 13.5. The molecule has 1 fully saturated rings. The van der Waals surface area contributed by atoms with Crippen molar-refractivity contribution in [1.82, 2.24) is 4.98 Å². The van der Waals surface area contributed by atoms with E-state index in [1.807, 2.05) is 42.5 Å². The first kappa shape index (κ1) is 15.5. The molecule has 1 aromatic carbocycles. The van der Waals surface area contributed by atoms with Gasteiger partial charge in [-0.3, -0.25) is 4.79 Å². The number of benzene rings is 1. The van der Waals surface area contributed by atoms with E-state index < -0.39 is 0 Å². The Kier molecular flexibility index (Phi) is 4.91. The van der Waals surface area contributed by atoms with Crippen molar-refractivity contribution < 1.29 is 4.79 Å². The molecule has 4 heteroatoms. The van der Waals surface area contributed by atoms with E-state index in [0.29, 0.717) is 6.42 Å². The summed E-state index contributed by atoms with van der Waals surface area (Å²) in [4.78, 5) is 18.9. The normalized spacial score (nSPS) is 17.8. The van der Waals surface area contributed by atoms with Gasteiger partial charge in [-0.15, -0.1) is 0 Å². The molecule has 0 bridgehead atoms. The van der Waals surface area contributed by atoms with Crippen molar-refractivity contribution in [1.29, 1.82) is 0 Å². The van der Waals surface area contributed by atoms with Crippen LogP contribution in [0.5, 0.6) is 0 Å². The van der Waals surface area contributed by atoms with E-state index in [2.05, 4.69) is 22.1 Å². The average molecular weight is 309 g/mol. The molecule has 0 aliphatic carbocycles. The van der Waals surface area contributed by atoms with Crippen molar-refractivity contribution in [3.63, 3.8) is 0 Å². The quantitative estimate of drug-likeness (QED) is 0.940. The summed E-state index contributed by atoms with van der Waals surface area (Å²) in [7, 11) is 0. The largest absolute Gasteiger partial charge is 0.356 e. The second-order valence-electron chi connectivity index (χ2n) is 6.31. The summed E-state index contributed by atoms with van der Waals surface area (Å²) >= 11 is 0. The average Bonchev–Trinajstić information content (AvgIpc) is 2.56. The number of nitrogens with zero attached hydrogens (tertiary/aromatic N) is 2. The third-order valence-electron chi connectivity index (χ3n) is 4.22. The molecule has 1 N–H and O–H groups in total. The maximum Gasteiger partial charge on any atom is 0.228 e. The van der Waals surface area contributed by atoms with Gasteiger partial charge in [-0.1, -0.05) is 37.3 Å². The van der Waals surface area contributed by atoms with Gasteiger partial charge in [0, 0.05) is 13.1 Å². The van der Waals surface area contributed by atoms with Crippen LogP contribution in [0.15, 0.2) is 48.7 Å². The fourth-order valence-electron chi connectivity index (χ4n) is 3.03. The summed E-state index contributed by atoms with van der Waals surface area (Å²) < 4.78 is 0. The van der Waals surface area contributed by atoms with Crippen LogP contribution in [0.3, 0.4) is 0 Å². The van der Waals surface area contributed by atoms with Crippen molar-refractivity contribution in [2.45, 2.75) is 26.2 Å². The smallest absolute Gasteiger partial charge is 0.228 e. The summed E-state index contributed by atoms with van der Waals surface area (Å²) in [5, 5.41) is 2.91. The topological polar surface area (TPSA) is 45.2 Å². The number of aromatic nitrogens is 1. The lowest BCUT2D eigenvalue weighted by molar-refractivity contribution is -0.115. The minimum atomic E-state index is -0.0163. The first-order valence-electron chi connectivity index (χ1n) is 8.25. The summed E-state index contributed by atoms with van der Waals surface area (Å²) in [6, 6.07) is 13.7. The molecule has 23 heavy (non-hydrogen) atoms. The van der Waals surface area contributed by atoms with Crippen molar-refractivity contribution >= 4 is 17.4 Å². The van der Waals surface area contributed by atoms with Crippen molar-refractivity contribution in [3.05, 3.63) is 54.2 Å². The Bertz CT molecular complexity index is 639. The Morgan fingerprint density at radius 1 is 1.26 bits per heavy atom. The van der Waals surface area contributed by atoms with E-state index in [1.165, 1.54) is 12.8 Å². The van der Waals surface area contributed by atoms with Gasteiger partial charge < -0.3 is 10.2 Å². The highest BCUT2D eigenvalue weighted by Crippen LogP contribution is 2.22. The molecule has 1 aromatic heterocycles. The molecule has 1 aliphatic rings. The van der Waals surface area contributed by atoms with Gasteiger partial charge in [0.25, 0.3) is 0 Å². The molecule has 3 rings (SSSR count). The molecule has 1 aliphatic heterocycles. The Hall–Kier alpha value is -2.36. The van der Waals surface area contributed by atoms with Gasteiger partial charge in [0.05, 0.1) is 18.3 Å². The molecule has 0 spiro atoms. The maximum atomic E-state index is 12.1. The Morgan fingerprint density at radius 2 is 2.09 bits per heavy atom. The number of piperidine rings is 1. The first-order valence-corrected chi connectivity index (χ1v) is 8.25. The Balaban J connectivity index is 1.58. The molecule has 2 aromatic rings. The third-order valence-corrected chi connectivity index (χ3v) is 4.22. The van der Waals surface area contributed by atoms with Crippen molar-refractivity contribution in [2.75, 3.05) is 23.3 Å². The molecule has 120 valence electrons. The van der Waals surface area contributed by atoms with Gasteiger partial charge in [0.2, 0.25) is 5.91 Å². The van der Waals surface area contributed by atoms with Crippen LogP contribution >= 0.6 is 0 Å². The zero-order valence-electron chi connectivity index (χ0n) is 13.5. The first-order chi connectivity index (χ1) is 11.2. The summed E-state index contributed by atoms with van der Waals surface area (Å²) in [6.07, 6.45) is 4.65. The van der Waals surface area contributed by atoms with Gasteiger partial charge in [0.1, 0.15) is 5.82 Å². The molecule has 4 nitrogen and oxygen atoms in total. The zero-order chi connectivity index (χ0) is 16.1. The minimum absolute atomic E-state index is 0.0163.